The summed E-state index contributed by atoms with van der Waals surface area (Å²) in [7, 11) is -2.49. The van der Waals surface area contributed by atoms with Gasteiger partial charge >= 0.3 is 0 Å². The molecule has 8 rings (SSSR count). The van der Waals surface area contributed by atoms with Gasteiger partial charge in [-0.2, -0.15) is 20.5 Å². The average Bonchev–Trinajstić information content (AvgIpc) is 4.20. The van der Waals surface area contributed by atoms with Crippen LogP contribution in [0.1, 0.15) is 99.3 Å². The Morgan fingerprint density at radius 3 is 1.87 bits per heavy atom. The van der Waals surface area contributed by atoms with Crippen molar-refractivity contribution in [3.8, 4) is 69.3 Å². The van der Waals surface area contributed by atoms with E-state index in [0.29, 0.717) is 64.7 Å². The first-order valence-electron chi connectivity index (χ1n) is 23.8. The molecular weight excluding hydrogens is 909 g/mol. The van der Waals surface area contributed by atoms with Crippen molar-refractivity contribution in [2.24, 2.45) is 0 Å². The molecule has 3 unspecified atom stereocenters. The number of aromatic nitrogens is 4. The third-order valence-electron chi connectivity index (χ3n) is 12.9. The number of carbonyl (C=O) groups excluding carboxylic acids is 1. The van der Waals surface area contributed by atoms with Gasteiger partial charge in [-0.25, -0.2) is 13.1 Å². The van der Waals surface area contributed by atoms with Crippen LogP contribution in [0.25, 0.3) is 45.7 Å². The van der Waals surface area contributed by atoms with Crippen LogP contribution in [-0.2, 0) is 27.7 Å². The Morgan fingerprint density at radius 2 is 1.33 bits per heavy atom. The van der Waals surface area contributed by atoms with Crippen LogP contribution in [0, 0.1) is 22.7 Å². The number of nitrogens with zero attached hydrogens (tertiary/aromatic N) is 8. The fourth-order valence-electron chi connectivity index (χ4n) is 9.17. The topological polar surface area (TPSA) is 226 Å². The van der Waals surface area contributed by atoms with E-state index < -0.39 is 33.8 Å². The van der Waals surface area contributed by atoms with Crippen LogP contribution in [0.4, 0.5) is 0 Å². The fraction of sp³-hybridized carbons (Fsp3) is 0.404. The second-order valence-electron chi connectivity index (χ2n) is 18.0. The first-order valence-corrected chi connectivity index (χ1v) is 25.5. The van der Waals surface area contributed by atoms with Crippen LogP contribution in [0.3, 0.4) is 0 Å². The third-order valence-corrected chi connectivity index (χ3v) is 14.2. The van der Waals surface area contributed by atoms with Crippen LogP contribution < -0.4 is 19.5 Å². The minimum Gasteiger partial charge on any atom is -0.490 e. The number of nitriles is 2. The van der Waals surface area contributed by atoms with Crippen LogP contribution in [0.15, 0.2) is 81.8 Å². The maximum atomic E-state index is 13.4. The lowest BCUT2D eigenvalue weighted by molar-refractivity contribution is -0.127. The molecule has 1 amide bonds. The number of fused-ring (bicyclic) bond motifs is 2. The second-order valence-corrected chi connectivity index (χ2v) is 19.7. The summed E-state index contributed by atoms with van der Waals surface area (Å²) < 4.78 is 52.8. The molecule has 0 bridgehead atoms. The van der Waals surface area contributed by atoms with Crippen LogP contribution in [-0.4, -0.2) is 102 Å². The van der Waals surface area contributed by atoms with Gasteiger partial charge in [0, 0.05) is 67.4 Å². The lowest BCUT2D eigenvalue weighted by Crippen LogP contribution is -2.39. The molecule has 2 aliphatic carbocycles. The zero-order valence-corrected chi connectivity index (χ0v) is 41.2. The van der Waals surface area contributed by atoms with Crippen molar-refractivity contribution < 1.29 is 31.7 Å². The van der Waals surface area contributed by atoms with Crippen molar-refractivity contribution in [1.29, 1.82) is 10.5 Å². The summed E-state index contributed by atoms with van der Waals surface area (Å²) >= 11 is 0. The fourth-order valence-corrected chi connectivity index (χ4v) is 10.5. The van der Waals surface area contributed by atoms with Crippen LogP contribution >= 0.6 is 0 Å². The van der Waals surface area contributed by atoms with Crippen molar-refractivity contribution >= 4 is 15.9 Å². The summed E-state index contributed by atoms with van der Waals surface area (Å²) in [5.41, 5.74) is 7.53. The van der Waals surface area contributed by atoms with Crippen molar-refractivity contribution in [3.05, 3.63) is 106 Å². The molecule has 2 aliphatic rings. The lowest BCUT2D eigenvalue weighted by atomic mass is 10.0. The molecule has 2 heterocycles. The Morgan fingerprint density at radius 1 is 0.786 bits per heavy atom. The van der Waals surface area contributed by atoms with Crippen molar-refractivity contribution in [1.82, 2.24) is 40.1 Å². The highest BCUT2D eigenvalue weighted by Crippen LogP contribution is 2.40. The number of sulfonamides is 1. The average molecular weight is 967 g/mol. The summed E-state index contributed by atoms with van der Waals surface area (Å²) in [6, 6.07) is 26.0. The molecule has 70 heavy (non-hydrogen) atoms. The molecule has 0 radical (unpaired) electrons. The van der Waals surface area contributed by atoms with Gasteiger partial charge in [-0.1, -0.05) is 60.6 Å². The third kappa shape index (κ3) is 11.2. The molecule has 18 heteroatoms. The van der Waals surface area contributed by atoms with Crippen molar-refractivity contribution in [2.75, 3.05) is 45.5 Å². The summed E-state index contributed by atoms with van der Waals surface area (Å²) in [5, 5.41) is 32.1. The van der Waals surface area contributed by atoms with E-state index in [0.717, 1.165) is 55.7 Å². The number of likely N-dealkylation sites (N-methyl/N-ethyl adjacent to an activating group) is 1. The van der Waals surface area contributed by atoms with E-state index in [1.807, 2.05) is 45.0 Å². The van der Waals surface area contributed by atoms with E-state index >= 15 is 0 Å². The van der Waals surface area contributed by atoms with Gasteiger partial charge in [-0.3, -0.25) is 4.79 Å². The second kappa shape index (κ2) is 21.8. The molecule has 2 aromatic heterocycles. The number of hydrogen-bond acceptors (Lipinski definition) is 15. The lowest BCUT2D eigenvalue weighted by Gasteiger charge is -2.22. The van der Waals surface area contributed by atoms with E-state index in [1.54, 1.807) is 49.5 Å². The zero-order chi connectivity index (χ0) is 49.5. The van der Waals surface area contributed by atoms with Gasteiger partial charge < -0.3 is 33.6 Å². The molecule has 0 fully saturated rings. The highest BCUT2D eigenvalue weighted by atomic mass is 32.2. The highest BCUT2D eigenvalue weighted by Gasteiger charge is 2.32. The first kappa shape index (κ1) is 49.5. The monoisotopic (exact) mass is 966 g/mol. The van der Waals surface area contributed by atoms with Gasteiger partial charge in [0.25, 0.3) is 11.8 Å². The smallest absolute Gasteiger partial charge is 0.258 e. The number of amides is 1. The predicted molar refractivity (Wildman–Crippen MR) is 263 cm³/mol. The molecule has 4 aromatic carbocycles. The Bertz CT molecular complexity index is 3040. The van der Waals surface area contributed by atoms with Gasteiger partial charge in [0.2, 0.25) is 27.6 Å². The van der Waals surface area contributed by atoms with Gasteiger partial charge in [0.05, 0.1) is 23.3 Å². The maximum Gasteiger partial charge on any atom is 0.258 e. The van der Waals surface area contributed by atoms with Crippen LogP contribution in [0.2, 0.25) is 0 Å². The molecule has 364 valence electrons. The van der Waals surface area contributed by atoms with E-state index in [9.17, 15) is 23.7 Å². The normalized spacial score (nSPS) is 15.6. The van der Waals surface area contributed by atoms with Gasteiger partial charge in [-0.15, -0.1) is 0 Å². The molecule has 3 atom stereocenters. The molecule has 0 saturated carbocycles. The maximum absolute atomic E-state index is 13.4. The molecule has 0 saturated heterocycles. The number of ether oxygens (including phenoxy) is 2. The van der Waals surface area contributed by atoms with Gasteiger partial charge in [0.1, 0.15) is 29.4 Å². The largest absolute Gasteiger partial charge is 0.490 e. The number of carbonyl (C=O) groups is 1. The van der Waals surface area contributed by atoms with Crippen molar-refractivity contribution in [2.45, 2.75) is 91.0 Å². The minimum atomic E-state index is -4.05. The SMILES string of the molecule is CCN(CC)CCNC1CCc2c(-c3noc(-c4ccc(OC(C)CCN(C)C(=O)CS(=O)(=O)NC5CCc6c(-c7noc(-c8ccc(OC(C)C)c(C#N)c8)n7)cccc65)c(C#N)c4)n3)cccc21. The molecule has 2 N–H and O–H groups in total. The number of benzene rings is 4. The first-order chi connectivity index (χ1) is 33.8. The molecule has 17 nitrogen and oxygen atoms in total. The Hall–Kier alpha value is -6.96. The van der Waals surface area contributed by atoms with Gasteiger partial charge in [0.15, 0.2) is 0 Å². The molecular formula is C52H58N10O7S. The predicted octanol–water partition coefficient (Wildman–Crippen LogP) is 7.79. The quantitative estimate of drug-likeness (QED) is 0.0702. The van der Waals surface area contributed by atoms with Gasteiger partial charge in [-0.05, 0) is 118 Å². The Kier molecular flexibility index (Phi) is 15.4. The molecule has 0 spiro atoms. The summed E-state index contributed by atoms with van der Waals surface area (Å²) in [6.45, 7) is 14.1. The van der Waals surface area contributed by atoms with E-state index in [-0.39, 0.29) is 36.0 Å². The number of nitrogens with one attached hydrogen (secondary N) is 2. The van der Waals surface area contributed by atoms with Crippen LogP contribution in [0.5, 0.6) is 11.5 Å². The summed E-state index contributed by atoms with van der Waals surface area (Å²) in [6.07, 6.45) is 2.78. The summed E-state index contributed by atoms with van der Waals surface area (Å²) in [5.74, 6) is 0.855. The van der Waals surface area contributed by atoms with E-state index in [2.05, 4.69) is 62.3 Å². The van der Waals surface area contributed by atoms with E-state index in [1.165, 1.54) is 16.0 Å². The zero-order valence-electron chi connectivity index (χ0n) is 40.4. The standard InChI is InChI=1S/C52H58N10O7S/c1-7-62(8-2)26-24-55-44-19-17-38-40(44)11-9-13-42(38)49-56-52(69-58-49)35-16-22-47(37(28-35)30-54)67-33(5)23-25-61(6)48(63)31-70(64,65)60-45-20-18-39-41(45)12-10-14-43(39)50-57-51(68-59-50)34-15-21-46(66-32(3)4)36(27-34)29-53/h9-16,21-22,27-28,32-33,44-45,55,60H,7-8,17-20,23-26,31H2,1-6H3. The minimum absolute atomic E-state index is 0.102. The molecule has 0 aliphatic heterocycles. The molecule has 6 aromatic rings. The number of hydrogen-bond donors (Lipinski definition) is 2. The summed E-state index contributed by atoms with van der Waals surface area (Å²) in [4.78, 5) is 26.4. The Labute approximate surface area is 408 Å². The van der Waals surface area contributed by atoms with E-state index in [4.69, 9.17) is 23.5 Å². The number of rotatable bonds is 21. The Balaban J connectivity index is 0.835. The highest BCUT2D eigenvalue weighted by molar-refractivity contribution is 7.90. The van der Waals surface area contributed by atoms with Crippen molar-refractivity contribution in [3.63, 3.8) is 0 Å².